The number of rotatable bonds is 6. The highest BCUT2D eigenvalue weighted by Crippen LogP contribution is 2.30. The van der Waals surface area contributed by atoms with Crippen LogP contribution in [0.1, 0.15) is 17.3 Å². The van der Waals surface area contributed by atoms with E-state index in [9.17, 15) is 13.6 Å². The maximum Gasteiger partial charge on any atom is 0.207 e. The molecule has 4 aromatic rings. The fourth-order valence-corrected chi connectivity index (χ4v) is 3.37. The Morgan fingerprint density at radius 3 is 2.59 bits per heavy atom. The molecule has 0 fully saturated rings. The molecule has 1 N–H and O–H groups in total. The molecule has 5 nitrogen and oxygen atoms in total. The van der Waals surface area contributed by atoms with Gasteiger partial charge in [-0.2, -0.15) is 0 Å². The van der Waals surface area contributed by atoms with Crippen molar-refractivity contribution in [2.75, 3.05) is 0 Å². The summed E-state index contributed by atoms with van der Waals surface area (Å²) in [6, 6.07) is 10.5. The number of nitrogens with one attached hydrogen (secondary N) is 1. The Bertz CT molecular complexity index is 1160. The highest BCUT2D eigenvalue weighted by atomic mass is 19.1. The highest BCUT2D eigenvalue weighted by molar-refractivity contribution is 5.86. The summed E-state index contributed by atoms with van der Waals surface area (Å²) < 4.78 is 27.2. The molecule has 4 rings (SSSR count). The van der Waals surface area contributed by atoms with Gasteiger partial charge in [0.05, 0.1) is 11.7 Å². The number of hydrogen-bond donors (Lipinski definition) is 1. The average molecular weight is 390 g/mol. The summed E-state index contributed by atoms with van der Waals surface area (Å²) in [6.45, 7) is 0. The van der Waals surface area contributed by atoms with Crippen LogP contribution in [0.4, 0.5) is 8.78 Å². The number of carbonyl (C=O) groups is 1. The summed E-state index contributed by atoms with van der Waals surface area (Å²) >= 11 is 0. The van der Waals surface area contributed by atoms with Crippen LogP contribution in [-0.4, -0.2) is 21.4 Å². The number of pyridine rings is 1. The maximum atomic E-state index is 13.6. The van der Waals surface area contributed by atoms with Gasteiger partial charge in [0.25, 0.3) is 0 Å². The average Bonchev–Trinajstić information content (AvgIpc) is 2.72. The summed E-state index contributed by atoms with van der Waals surface area (Å²) in [7, 11) is 0. The molecule has 0 aliphatic rings. The van der Waals surface area contributed by atoms with E-state index in [2.05, 4.69) is 20.3 Å². The maximum absolute atomic E-state index is 13.6. The third kappa shape index (κ3) is 4.08. The zero-order chi connectivity index (χ0) is 20.2. The van der Waals surface area contributed by atoms with Crippen molar-refractivity contribution in [2.24, 2.45) is 0 Å². The molecule has 2 aromatic carbocycles. The van der Waals surface area contributed by atoms with Gasteiger partial charge in [0.2, 0.25) is 6.41 Å². The number of halogens is 2. The van der Waals surface area contributed by atoms with Gasteiger partial charge in [-0.25, -0.2) is 18.7 Å². The SMILES string of the molecule is O=CNC(Cc1cc(F)cc(F)c1)c1ncncc1-c1ccc2cnccc2c1. The number of hydrogen-bond acceptors (Lipinski definition) is 4. The normalized spacial score (nSPS) is 11.9. The topological polar surface area (TPSA) is 67.8 Å². The summed E-state index contributed by atoms with van der Waals surface area (Å²) in [5.41, 5.74) is 2.56. The quantitative estimate of drug-likeness (QED) is 0.506. The lowest BCUT2D eigenvalue weighted by Crippen LogP contribution is -2.23. The second-order valence-corrected chi connectivity index (χ2v) is 6.58. The van der Waals surface area contributed by atoms with Gasteiger partial charge in [-0.05, 0) is 47.2 Å². The van der Waals surface area contributed by atoms with Gasteiger partial charge >= 0.3 is 0 Å². The molecule has 0 saturated carbocycles. The van der Waals surface area contributed by atoms with E-state index < -0.39 is 17.7 Å². The van der Waals surface area contributed by atoms with Gasteiger partial charge in [-0.1, -0.05) is 12.1 Å². The molecule has 144 valence electrons. The van der Waals surface area contributed by atoms with Crippen molar-refractivity contribution in [2.45, 2.75) is 12.5 Å². The van der Waals surface area contributed by atoms with E-state index in [4.69, 9.17) is 0 Å². The van der Waals surface area contributed by atoms with E-state index in [1.165, 1.54) is 18.5 Å². The van der Waals surface area contributed by atoms with E-state index in [-0.39, 0.29) is 6.42 Å². The van der Waals surface area contributed by atoms with Crippen LogP contribution in [0.15, 0.2) is 67.4 Å². The van der Waals surface area contributed by atoms with Gasteiger partial charge in [-0.15, -0.1) is 0 Å². The molecule has 1 amide bonds. The first-order valence-corrected chi connectivity index (χ1v) is 8.93. The van der Waals surface area contributed by atoms with E-state index in [0.717, 1.165) is 28.0 Å². The van der Waals surface area contributed by atoms with Crippen molar-refractivity contribution in [3.05, 3.63) is 90.3 Å². The monoisotopic (exact) mass is 390 g/mol. The first kappa shape index (κ1) is 18.6. The number of carbonyl (C=O) groups excluding carboxylic acids is 1. The van der Waals surface area contributed by atoms with Crippen molar-refractivity contribution in [3.63, 3.8) is 0 Å². The third-order valence-corrected chi connectivity index (χ3v) is 4.66. The highest BCUT2D eigenvalue weighted by Gasteiger charge is 2.19. The Balaban J connectivity index is 1.76. The summed E-state index contributed by atoms with van der Waals surface area (Å²) in [5.74, 6) is -1.34. The van der Waals surface area contributed by atoms with Crippen molar-refractivity contribution < 1.29 is 13.6 Å². The molecule has 0 aliphatic carbocycles. The molecule has 29 heavy (non-hydrogen) atoms. The fraction of sp³-hybridized carbons (Fsp3) is 0.0909. The minimum atomic E-state index is -0.670. The van der Waals surface area contributed by atoms with Gasteiger partial charge in [-0.3, -0.25) is 9.78 Å². The first-order chi connectivity index (χ1) is 14.1. The molecular formula is C22H16F2N4O. The Hall–Kier alpha value is -3.74. The van der Waals surface area contributed by atoms with E-state index in [1.54, 1.807) is 18.6 Å². The van der Waals surface area contributed by atoms with Gasteiger partial charge in [0.1, 0.15) is 18.0 Å². The second kappa shape index (κ2) is 8.10. The van der Waals surface area contributed by atoms with Crippen LogP contribution in [-0.2, 0) is 11.2 Å². The summed E-state index contributed by atoms with van der Waals surface area (Å²) in [5, 5.41) is 4.70. The standard InChI is InChI=1S/C22H16F2N4O/c23-18-5-14(6-19(24)9-18)7-21(28-13-29)22-20(11-26-12-27-22)16-1-2-17-10-25-4-3-15(17)8-16/h1-6,8-13,21H,7H2,(H,28,29). The lowest BCUT2D eigenvalue weighted by molar-refractivity contribution is -0.110. The minimum absolute atomic E-state index is 0.176. The van der Waals surface area contributed by atoms with Crippen molar-refractivity contribution in [3.8, 4) is 11.1 Å². The second-order valence-electron chi connectivity index (χ2n) is 6.58. The van der Waals surface area contributed by atoms with Crippen LogP contribution in [0, 0.1) is 11.6 Å². The summed E-state index contributed by atoms with van der Waals surface area (Å²) in [6.07, 6.45) is 7.26. The van der Waals surface area contributed by atoms with Gasteiger partial charge in [0, 0.05) is 35.6 Å². The third-order valence-electron chi connectivity index (χ3n) is 4.66. The zero-order valence-corrected chi connectivity index (χ0v) is 15.2. The fourth-order valence-electron chi connectivity index (χ4n) is 3.37. The lowest BCUT2D eigenvalue weighted by atomic mass is 9.95. The van der Waals surface area contributed by atoms with E-state index >= 15 is 0 Å². The molecule has 0 radical (unpaired) electrons. The first-order valence-electron chi connectivity index (χ1n) is 8.93. The number of nitrogens with zero attached hydrogens (tertiary/aromatic N) is 3. The molecule has 0 spiro atoms. The molecular weight excluding hydrogens is 374 g/mol. The zero-order valence-electron chi connectivity index (χ0n) is 15.2. The van der Waals surface area contributed by atoms with Crippen LogP contribution >= 0.6 is 0 Å². The summed E-state index contributed by atoms with van der Waals surface area (Å²) in [4.78, 5) is 23.8. The Kier molecular flexibility index (Phi) is 5.20. The number of amides is 1. The lowest BCUT2D eigenvalue weighted by Gasteiger charge is -2.19. The van der Waals surface area contributed by atoms with Crippen molar-refractivity contribution >= 4 is 17.2 Å². The molecule has 0 bridgehead atoms. The predicted molar refractivity (Wildman–Crippen MR) is 105 cm³/mol. The number of aromatic nitrogens is 3. The van der Waals surface area contributed by atoms with Crippen LogP contribution in [0.5, 0.6) is 0 Å². The minimum Gasteiger partial charge on any atom is -0.350 e. The molecule has 0 saturated heterocycles. The Labute approximate surface area is 165 Å². The molecule has 1 atom stereocenters. The smallest absolute Gasteiger partial charge is 0.207 e. The Morgan fingerprint density at radius 2 is 1.79 bits per heavy atom. The molecule has 1 unspecified atom stereocenters. The van der Waals surface area contributed by atoms with Crippen LogP contribution in [0.3, 0.4) is 0 Å². The molecule has 2 heterocycles. The number of fused-ring (bicyclic) bond motifs is 1. The molecule has 0 aliphatic heterocycles. The van der Waals surface area contributed by atoms with E-state index in [0.29, 0.717) is 17.7 Å². The molecule has 2 aromatic heterocycles. The van der Waals surface area contributed by atoms with Crippen LogP contribution in [0.2, 0.25) is 0 Å². The Morgan fingerprint density at radius 1 is 0.966 bits per heavy atom. The number of benzene rings is 2. The van der Waals surface area contributed by atoms with Crippen LogP contribution < -0.4 is 5.32 Å². The van der Waals surface area contributed by atoms with Crippen molar-refractivity contribution in [1.82, 2.24) is 20.3 Å². The largest absolute Gasteiger partial charge is 0.350 e. The van der Waals surface area contributed by atoms with Gasteiger partial charge < -0.3 is 5.32 Å². The van der Waals surface area contributed by atoms with Gasteiger partial charge in [0.15, 0.2) is 0 Å². The van der Waals surface area contributed by atoms with Crippen LogP contribution in [0.25, 0.3) is 21.9 Å². The van der Waals surface area contributed by atoms with E-state index in [1.807, 2.05) is 24.3 Å². The molecule has 7 heteroatoms. The predicted octanol–water partition coefficient (Wildman–Crippen LogP) is 4.00. The van der Waals surface area contributed by atoms with Crippen molar-refractivity contribution in [1.29, 1.82) is 0 Å².